The van der Waals surface area contributed by atoms with E-state index >= 15 is 0 Å². The molecule has 20 heavy (non-hydrogen) atoms. The lowest BCUT2D eigenvalue weighted by Crippen LogP contribution is -2.37. The summed E-state index contributed by atoms with van der Waals surface area (Å²) < 4.78 is 0. The molecule has 0 bridgehead atoms. The lowest BCUT2D eigenvalue weighted by molar-refractivity contribution is -0.136. The van der Waals surface area contributed by atoms with Crippen molar-refractivity contribution in [2.75, 3.05) is 13.6 Å². The summed E-state index contributed by atoms with van der Waals surface area (Å²) in [4.78, 5) is 24.3. The van der Waals surface area contributed by atoms with E-state index in [0.717, 1.165) is 30.5 Å². The van der Waals surface area contributed by atoms with Crippen molar-refractivity contribution in [3.8, 4) is 0 Å². The number of carboxylic acids is 1. The van der Waals surface area contributed by atoms with E-state index in [-0.39, 0.29) is 12.5 Å². The zero-order chi connectivity index (χ0) is 15.0. The van der Waals surface area contributed by atoms with E-state index < -0.39 is 5.97 Å². The first kappa shape index (κ1) is 16.0. The van der Waals surface area contributed by atoms with Gasteiger partial charge in [0.2, 0.25) is 0 Å². The fourth-order valence-electron chi connectivity index (χ4n) is 1.87. The molecule has 1 aromatic carbocycles. The van der Waals surface area contributed by atoms with Crippen molar-refractivity contribution in [3.63, 3.8) is 0 Å². The number of hydrogen-bond acceptors (Lipinski definition) is 2. The van der Waals surface area contributed by atoms with E-state index in [1.807, 2.05) is 12.1 Å². The number of nitrogens with one attached hydrogen (secondary N) is 1. The van der Waals surface area contributed by atoms with Gasteiger partial charge in [-0.05, 0) is 17.5 Å². The van der Waals surface area contributed by atoms with Crippen LogP contribution in [0.2, 0.25) is 0 Å². The molecular formula is C15H22N2O3. The molecule has 0 heterocycles. The van der Waals surface area contributed by atoms with Gasteiger partial charge in [-0.2, -0.15) is 0 Å². The van der Waals surface area contributed by atoms with Crippen molar-refractivity contribution >= 4 is 12.0 Å². The lowest BCUT2D eigenvalue weighted by atomic mass is 10.0. The van der Waals surface area contributed by atoms with E-state index in [9.17, 15) is 9.59 Å². The minimum absolute atomic E-state index is 0.0300. The number of urea groups is 1. The summed E-state index contributed by atoms with van der Waals surface area (Å²) in [5, 5.41) is 11.7. The Morgan fingerprint density at radius 1 is 1.25 bits per heavy atom. The van der Waals surface area contributed by atoms with Crippen LogP contribution in [0.1, 0.15) is 30.9 Å². The topological polar surface area (TPSA) is 69.6 Å². The van der Waals surface area contributed by atoms with Crippen LogP contribution in [0.5, 0.6) is 0 Å². The molecule has 2 N–H and O–H groups in total. The fraction of sp³-hybridized carbons (Fsp3) is 0.467. The van der Waals surface area contributed by atoms with Gasteiger partial charge in [0.25, 0.3) is 0 Å². The number of carbonyl (C=O) groups excluding carboxylic acids is 1. The van der Waals surface area contributed by atoms with Crippen LogP contribution < -0.4 is 5.32 Å². The van der Waals surface area contributed by atoms with Gasteiger partial charge < -0.3 is 15.3 Å². The number of carboxylic acid groups (broad SMARTS) is 1. The van der Waals surface area contributed by atoms with Crippen LogP contribution in [-0.2, 0) is 17.8 Å². The van der Waals surface area contributed by atoms with E-state index in [2.05, 4.69) is 12.2 Å². The molecule has 0 aromatic heterocycles. The Balaban J connectivity index is 2.56. The summed E-state index contributed by atoms with van der Waals surface area (Å²) >= 11 is 0. The second kappa shape index (κ2) is 8.19. The van der Waals surface area contributed by atoms with Crippen molar-refractivity contribution in [3.05, 3.63) is 35.4 Å². The van der Waals surface area contributed by atoms with Crippen molar-refractivity contribution in [1.82, 2.24) is 10.2 Å². The molecule has 5 heteroatoms. The zero-order valence-corrected chi connectivity index (χ0v) is 12.1. The minimum Gasteiger partial charge on any atom is -0.481 e. The van der Waals surface area contributed by atoms with E-state index in [1.165, 1.54) is 0 Å². The highest BCUT2D eigenvalue weighted by Crippen LogP contribution is 2.09. The molecule has 1 aromatic rings. The minimum atomic E-state index is -0.871. The van der Waals surface area contributed by atoms with E-state index in [1.54, 1.807) is 24.1 Å². The molecule has 0 saturated heterocycles. The average Bonchev–Trinajstić information content (AvgIpc) is 2.42. The largest absolute Gasteiger partial charge is 0.481 e. The van der Waals surface area contributed by atoms with Gasteiger partial charge in [0.05, 0.1) is 6.42 Å². The Morgan fingerprint density at radius 3 is 2.50 bits per heavy atom. The number of carbonyl (C=O) groups is 2. The molecular weight excluding hydrogens is 256 g/mol. The number of amides is 2. The van der Waals surface area contributed by atoms with Gasteiger partial charge in [-0.25, -0.2) is 4.79 Å². The van der Waals surface area contributed by atoms with Crippen LogP contribution >= 0.6 is 0 Å². The third kappa shape index (κ3) is 5.30. The summed E-state index contributed by atoms with van der Waals surface area (Å²) in [6.45, 7) is 3.14. The van der Waals surface area contributed by atoms with Gasteiger partial charge in [-0.1, -0.05) is 37.6 Å². The molecule has 0 unspecified atom stereocenters. The summed E-state index contributed by atoms with van der Waals surface area (Å²) in [6, 6.07) is 7.12. The van der Waals surface area contributed by atoms with Crippen LogP contribution in [0.4, 0.5) is 4.79 Å². The van der Waals surface area contributed by atoms with E-state index in [4.69, 9.17) is 5.11 Å². The quantitative estimate of drug-likeness (QED) is 0.803. The maximum atomic E-state index is 11.9. The highest BCUT2D eigenvalue weighted by atomic mass is 16.4. The van der Waals surface area contributed by atoms with Gasteiger partial charge in [0.1, 0.15) is 0 Å². The number of rotatable bonds is 7. The molecule has 0 aliphatic carbocycles. The summed E-state index contributed by atoms with van der Waals surface area (Å²) in [5.74, 6) is -0.871. The molecule has 5 nitrogen and oxygen atoms in total. The fourth-order valence-corrected chi connectivity index (χ4v) is 1.87. The smallest absolute Gasteiger partial charge is 0.317 e. The Bertz CT molecular complexity index is 460. The summed E-state index contributed by atoms with van der Waals surface area (Å²) in [7, 11) is 1.76. The zero-order valence-electron chi connectivity index (χ0n) is 12.1. The summed E-state index contributed by atoms with van der Waals surface area (Å²) in [5.41, 5.74) is 1.57. The standard InChI is InChI=1S/C15H22N2O3/c1-3-4-9-17(2)15(20)16-11-13-8-6-5-7-12(13)10-14(18)19/h5-8H,3-4,9-11H2,1-2H3,(H,16,20)(H,18,19). The van der Waals surface area contributed by atoms with Crippen molar-refractivity contribution < 1.29 is 14.7 Å². The number of unbranched alkanes of at least 4 members (excludes halogenated alkanes) is 1. The average molecular weight is 278 g/mol. The first-order chi connectivity index (χ1) is 9.54. The van der Waals surface area contributed by atoms with Crippen molar-refractivity contribution in [2.45, 2.75) is 32.7 Å². The predicted molar refractivity (Wildman–Crippen MR) is 77.6 cm³/mol. The maximum absolute atomic E-state index is 11.9. The maximum Gasteiger partial charge on any atom is 0.317 e. The lowest BCUT2D eigenvalue weighted by Gasteiger charge is -2.18. The second-order valence-electron chi connectivity index (χ2n) is 4.77. The van der Waals surface area contributed by atoms with Crippen LogP contribution in [-0.4, -0.2) is 35.6 Å². The first-order valence-electron chi connectivity index (χ1n) is 6.82. The normalized spacial score (nSPS) is 10.1. The third-order valence-electron chi connectivity index (χ3n) is 3.08. The number of hydrogen-bond donors (Lipinski definition) is 2. The Labute approximate surface area is 119 Å². The van der Waals surface area contributed by atoms with Gasteiger partial charge >= 0.3 is 12.0 Å². The molecule has 2 amide bonds. The predicted octanol–water partition coefficient (Wildman–Crippen LogP) is 2.26. The highest BCUT2D eigenvalue weighted by molar-refractivity contribution is 5.74. The SMILES string of the molecule is CCCCN(C)C(=O)NCc1ccccc1CC(=O)O. The van der Waals surface area contributed by atoms with Crippen molar-refractivity contribution in [1.29, 1.82) is 0 Å². The summed E-state index contributed by atoms with van der Waals surface area (Å²) in [6.07, 6.45) is 1.98. The molecule has 1 rings (SSSR count). The van der Waals surface area contributed by atoms with Gasteiger partial charge in [-0.15, -0.1) is 0 Å². The molecule has 0 atom stereocenters. The van der Waals surface area contributed by atoms with Crippen LogP contribution in [0.15, 0.2) is 24.3 Å². The molecule has 0 radical (unpaired) electrons. The van der Waals surface area contributed by atoms with Crippen molar-refractivity contribution in [2.24, 2.45) is 0 Å². The second-order valence-corrected chi connectivity index (χ2v) is 4.77. The molecule has 110 valence electrons. The van der Waals surface area contributed by atoms with E-state index in [0.29, 0.717) is 6.54 Å². The monoisotopic (exact) mass is 278 g/mol. The van der Waals surface area contributed by atoms with Gasteiger partial charge in [0.15, 0.2) is 0 Å². The molecule has 0 saturated carbocycles. The Kier molecular flexibility index (Phi) is 6.56. The number of aliphatic carboxylic acids is 1. The van der Waals surface area contributed by atoms with Gasteiger partial charge in [0, 0.05) is 20.1 Å². The molecule has 0 spiro atoms. The Hall–Kier alpha value is -2.04. The highest BCUT2D eigenvalue weighted by Gasteiger charge is 2.10. The molecule has 0 fully saturated rings. The third-order valence-corrected chi connectivity index (χ3v) is 3.08. The molecule has 0 aliphatic rings. The van der Waals surface area contributed by atoms with Gasteiger partial charge in [-0.3, -0.25) is 4.79 Å². The van der Waals surface area contributed by atoms with Crippen LogP contribution in [0.25, 0.3) is 0 Å². The van der Waals surface area contributed by atoms with Crippen LogP contribution in [0.3, 0.4) is 0 Å². The Morgan fingerprint density at radius 2 is 1.90 bits per heavy atom. The number of benzene rings is 1. The first-order valence-corrected chi connectivity index (χ1v) is 6.82. The van der Waals surface area contributed by atoms with Crippen LogP contribution in [0, 0.1) is 0 Å². The number of nitrogens with zero attached hydrogens (tertiary/aromatic N) is 1. The molecule has 0 aliphatic heterocycles.